The van der Waals surface area contributed by atoms with Crippen LogP contribution in [0.4, 0.5) is 11.6 Å². The van der Waals surface area contributed by atoms with Crippen LogP contribution in [0.2, 0.25) is 0 Å². The molecular formula is C20H29N7O3S. The lowest BCUT2D eigenvalue weighted by Crippen LogP contribution is -2.41. The van der Waals surface area contributed by atoms with E-state index < -0.39 is 9.84 Å². The smallest absolute Gasteiger partial charge is 0.264 e. The van der Waals surface area contributed by atoms with Crippen molar-refractivity contribution in [3.8, 4) is 11.3 Å². The number of anilines is 2. The lowest BCUT2D eigenvalue weighted by atomic mass is 10.0. The molecule has 0 bridgehead atoms. The molecule has 0 radical (unpaired) electrons. The van der Waals surface area contributed by atoms with Crippen molar-refractivity contribution in [2.45, 2.75) is 40.3 Å². The Morgan fingerprint density at radius 2 is 1.90 bits per heavy atom. The van der Waals surface area contributed by atoms with Gasteiger partial charge in [0.25, 0.3) is 5.56 Å². The summed E-state index contributed by atoms with van der Waals surface area (Å²) < 4.78 is 27.2. The molecule has 4 heterocycles. The summed E-state index contributed by atoms with van der Waals surface area (Å²) in [7, 11) is -2.98. The van der Waals surface area contributed by atoms with Crippen molar-refractivity contribution in [2.24, 2.45) is 5.92 Å². The molecule has 0 saturated carbocycles. The number of aromatic nitrogens is 5. The van der Waals surface area contributed by atoms with E-state index in [1.54, 1.807) is 4.57 Å². The molecule has 1 aliphatic rings. The van der Waals surface area contributed by atoms with Crippen LogP contribution in [-0.4, -0.2) is 57.6 Å². The van der Waals surface area contributed by atoms with Crippen LogP contribution in [0.5, 0.6) is 0 Å². The fraction of sp³-hybridized carbons (Fsp3) is 0.550. The van der Waals surface area contributed by atoms with Gasteiger partial charge in [-0.3, -0.25) is 9.89 Å². The number of fused-ring (bicyclic) bond motifs is 1. The SMILES string of the molecule is CCn1nc(-c2cn([C@@H](C)C(C)C)c(=O)c3c(N)n[nH]c23)cc1N1CCS(=O)(=O)CC1. The van der Waals surface area contributed by atoms with Crippen molar-refractivity contribution >= 4 is 32.4 Å². The highest BCUT2D eigenvalue weighted by molar-refractivity contribution is 7.91. The van der Waals surface area contributed by atoms with Gasteiger partial charge in [-0.15, -0.1) is 0 Å². The monoisotopic (exact) mass is 447 g/mol. The number of H-pyrrole nitrogens is 1. The fourth-order valence-corrected chi connectivity index (χ4v) is 5.15. The maximum absolute atomic E-state index is 13.1. The number of sulfone groups is 1. The predicted octanol–water partition coefficient (Wildman–Crippen LogP) is 1.64. The maximum atomic E-state index is 13.1. The van der Waals surface area contributed by atoms with Gasteiger partial charge in [0.2, 0.25) is 0 Å². The Morgan fingerprint density at radius 1 is 1.23 bits per heavy atom. The summed E-state index contributed by atoms with van der Waals surface area (Å²) >= 11 is 0. The fourth-order valence-electron chi connectivity index (χ4n) is 3.94. The molecule has 11 heteroatoms. The first-order chi connectivity index (χ1) is 14.6. The second kappa shape index (κ2) is 7.70. The molecule has 1 aliphatic heterocycles. The van der Waals surface area contributed by atoms with Gasteiger partial charge in [-0.1, -0.05) is 13.8 Å². The molecule has 168 valence electrons. The molecule has 4 rings (SSSR count). The third-order valence-corrected chi connectivity index (χ3v) is 7.80. The minimum atomic E-state index is -2.98. The van der Waals surface area contributed by atoms with Crippen molar-refractivity contribution in [1.29, 1.82) is 0 Å². The van der Waals surface area contributed by atoms with Gasteiger partial charge in [0.15, 0.2) is 15.7 Å². The number of nitrogens with zero attached hydrogens (tertiary/aromatic N) is 5. The molecule has 0 amide bonds. The molecule has 10 nitrogen and oxygen atoms in total. The summed E-state index contributed by atoms with van der Waals surface area (Å²) in [6.07, 6.45) is 1.82. The highest BCUT2D eigenvalue weighted by atomic mass is 32.2. The predicted molar refractivity (Wildman–Crippen MR) is 122 cm³/mol. The number of hydrogen-bond donors (Lipinski definition) is 2. The summed E-state index contributed by atoms with van der Waals surface area (Å²) in [6, 6.07) is 1.91. The molecule has 1 fully saturated rings. The summed E-state index contributed by atoms with van der Waals surface area (Å²) in [5.74, 6) is 1.55. The van der Waals surface area contributed by atoms with Gasteiger partial charge in [0, 0.05) is 43.5 Å². The topological polar surface area (TPSA) is 132 Å². The molecule has 0 aromatic carbocycles. The lowest BCUT2D eigenvalue weighted by molar-refractivity contribution is 0.400. The van der Waals surface area contributed by atoms with E-state index in [0.29, 0.717) is 36.2 Å². The Morgan fingerprint density at radius 3 is 2.52 bits per heavy atom. The summed E-state index contributed by atoms with van der Waals surface area (Å²) in [6.45, 7) is 9.62. The summed E-state index contributed by atoms with van der Waals surface area (Å²) in [4.78, 5) is 15.2. The Labute approximate surface area is 180 Å². The van der Waals surface area contributed by atoms with Gasteiger partial charge < -0.3 is 15.2 Å². The minimum Gasteiger partial charge on any atom is -0.382 e. The molecular weight excluding hydrogens is 418 g/mol. The second-order valence-corrected chi connectivity index (χ2v) is 10.7. The number of pyridine rings is 1. The Bertz CT molecular complexity index is 1270. The van der Waals surface area contributed by atoms with E-state index in [2.05, 4.69) is 24.0 Å². The Balaban J connectivity index is 1.87. The van der Waals surface area contributed by atoms with Gasteiger partial charge in [-0.2, -0.15) is 10.2 Å². The maximum Gasteiger partial charge on any atom is 0.264 e. The molecule has 0 unspecified atom stereocenters. The standard InChI is InChI=1S/C20H29N7O3S/c1-5-27-16(25-6-8-31(29,30)9-7-25)10-15(24-27)14-11-26(13(4)12(2)3)20(28)17-18(14)22-23-19(17)21/h10-13H,5-9H2,1-4H3,(H3,21,22,23)/t13-/m0/s1. The van der Waals surface area contributed by atoms with E-state index in [1.165, 1.54) is 0 Å². The molecule has 0 aliphatic carbocycles. The average Bonchev–Trinajstić information content (AvgIpc) is 3.32. The van der Waals surface area contributed by atoms with Crippen LogP contribution in [0.15, 0.2) is 17.1 Å². The van der Waals surface area contributed by atoms with Crippen molar-refractivity contribution in [1.82, 2.24) is 24.5 Å². The van der Waals surface area contributed by atoms with E-state index in [0.717, 1.165) is 11.4 Å². The first kappa shape index (κ1) is 21.4. The van der Waals surface area contributed by atoms with Crippen LogP contribution in [0.25, 0.3) is 22.2 Å². The van der Waals surface area contributed by atoms with Gasteiger partial charge in [-0.05, 0) is 19.8 Å². The zero-order chi connectivity index (χ0) is 22.5. The van der Waals surface area contributed by atoms with Crippen LogP contribution in [0.1, 0.15) is 33.7 Å². The van der Waals surface area contributed by atoms with Crippen molar-refractivity contribution < 1.29 is 8.42 Å². The highest BCUT2D eigenvalue weighted by Gasteiger charge is 2.26. The van der Waals surface area contributed by atoms with Crippen molar-refractivity contribution in [3.05, 3.63) is 22.6 Å². The Hall–Kier alpha value is -2.82. The molecule has 31 heavy (non-hydrogen) atoms. The molecule has 1 atom stereocenters. The van der Waals surface area contributed by atoms with Gasteiger partial charge in [0.1, 0.15) is 11.2 Å². The molecule has 1 saturated heterocycles. The first-order valence-electron chi connectivity index (χ1n) is 10.5. The van der Waals surface area contributed by atoms with Crippen LogP contribution in [-0.2, 0) is 16.4 Å². The number of nitrogens with one attached hydrogen (secondary N) is 1. The minimum absolute atomic E-state index is 0.0371. The van der Waals surface area contributed by atoms with Crippen LogP contribution in [0, 0.1) is 5.92 Å². The van der Waals surface area contributed by atoms with E-state index in [1.807, 2.05) is 35.7 Å². The van der Waals surface area contributed by atoms with Gasteiger partial charge in [-0.25, -0.2) is 13.1 Å². The third kappa shape index (κ3) is 3.71. The van der Waals surface area contributed by atoms with E-state index in [9.17, 15) is 13.2 Å². The number of hydrogen-bond acceptors (Lipinski definition) is 7. The number of aromatic amines is 1. The van der Waals surface area contributed by atoms with Crippen molar-refractivity contribution in [2.75, 3.05) is 35.2 Å². The van der Waals surface area contributed by atoms with Crippen LogP contribution >= 0.6 is 0 Å². The van der Waals surface area contributed by atoms with Gasteiger partial charge in [0.05, 0.1) is 22.7 Å². The number of rotatable bonds is 5. The van der Waals surface area contributed by atoms with Crippen molar-refractivity contribution in [3.63, 3.8) is 0 Å². The van der Waals surface area contributed by atoms with E-state index in [-0.39, 0.29) is 34.8 Å². The molecule has 3 aromatic rings. The third-order valence-electron chi connectivity index (χ3n) is 6.19. The van der Waals surface area contributed by atoms with E-state index >= 15 is 0 Å². The largest absolute Gasteiger partial charge is 0.382 e. The number of aryl methyl sites for hydroxylation is 1. The summed E-state index contributed by atoms with van der Waals surface area (Å²) in [5, 5.41) is 12.1. The molecule has 3 aromatic heterocycles. The number of nitrogens with two attached hydrogens (primary N) is 1. The van der Waals surface area contributed by atoms with Crippen LogP contribution < -0.4 is 16.2 Å². The molecule has 3 N–H and O–H groups in total. The lowest BCUT2D eigenvalue weighted by Gasteiger charge is -2.28. The first-order valence-corrected chi connectivity index (χ1v) is 12.4. The molecule has 0 spiro atoms. The average molecular weight is 448 g/mol. The normalized spacial score (nSPS) is 17.5. The quantitative estimate of drug-likeness (QED) is 0.608. The van der Waals surface area contributed by atoms with E-state index in [4.69, 9.17) is 10.8 Å². The zero-order valence-electron chi connectivity index (χ0n) is 18.3. The highest BCUT2D eigenvalue weighted by Crippen LogP contribution is 2.31. The van der Waals surface area contributed by atoms with Gasteiger partial charge >= 0.3 is 0 Å². The second-order valence-electron chi connectivity index (χ2n) is 8.44. The zero-order valence-corrected chi connectivity index (χ0v) is 19.1. The Kier molecular flexibility index (Phi) is 5.32. The van der Waals surface area contributed by atoms with Crippen LogP contribution in [0.3, 0.4) is 0 Å². The summed E-state index contributed by atoms with van der Waals surface area (Å²) in [5.41, 5.74) is 7.83. The number of nitrogen functional groups attached to an aromatic ring is 1.